The first-order valence-corrected chi connectivity index (χ1v) is 5.94. The molecule has 0 saturated carbocycles. The van der Waals surface area contributed by atoms with Crippen LogP contribution in [0.4, 0.5) is 0 Å². The molecule has 0 saturated heterocycles. The van der Waals surface area contributed by atoms with Crippen molar-refractivity contribution in [2.24, 2.45) is 0 Å². The molecule has 0 heteroatoms. The van der Waals surface area contributed by atoms with E-state index in [2.05, 4.69) is 38.1 Å². The van der Waals surface area contributed by atoms with Gasteiger partial charge in [0.2, 0.25) is 0 Å². The van der Waals surface area contributed by atoms with Crippen molar-refractivity contribution in [3.8, 4) is 0 Å². The first-order chi connectivity index (χ1) is 6.86. The minimum absolute atomic E-state index is 1.22. The van der Waals surface area contributed by atoms with Gasteiger partial charge in [0.15, 0.2) is 0 Å². The highest BCUT2D eigenvalue weighted by Gasteiger charge is 1.94. The van der Waals surface area contributed by atoms with Crippen LogP contribution in [0.2, 0.25) is 0 Å². The van der Waals surface area contributed by atoms with E-state index < -0.39 is 0 Å². The molecule has 0 aliphatic carbocycles. The topological polar surface area (TPSA) is 0 Å². The lowest BCUT2D eigenvalue weighted by Gasteiger charge is -2.02. The molecule has 0 radical (unpaired) electrons. The largest absolute Gasteiger partial charge is 0.0654 e. The SMILES string of the molecule is CCCCCc1ccc(CCC)cc1. The molecule has 0 aliphatic rings. The predicted octanol–water partition coefficient (Wildman–Crippen LogP) is 4.37. The fourth-order valence-corrected chi connectivity index (χ4v) is 1.74. The maximum absolute atomic E-state index is 2.29. The molecule has 14 heavy (non-hydrogen) atoms. The number of hydrogen-bond acceptors (Lipinski definition) is 0. The maximum atomic E-state index is 2.29. The van der Waals surface area contributed by atoms with Gasteiger partial charge in [0.25, 0.3) is 0 Å². The summed E-state index contributed by atoms with van der Waals surface area (Å²) >= 11 is 0. The average molecular weight is 190 g/mol. The zero-order valence-corrected chi connectivity index (χ0v) is 9.55. The van der Waals surface area contributed by atoms with E-state index >= 15 is 0 Å². The van der Waals surface area contributed by atoms with Gasteiger partial charge in [-0.15, -0.1) is 0 Å². The number of benzene rings is 1. The molecule has 0 spiro atoms. The van der Waals surface area contributed by atoms with Gasteiger partial charge in [0.05, 0.1) is 0 Å². The molecule has 0 aliphatic heterocycles. The first-order valence-electron chi connectivity index (χ1n) is 5.94. The van der Waals surface area contributed by atoms with Crippen molar-refractivity contribution < 1.29 is 0 Å². The van der Waals surface area contributed by atoms with Crippen molar-refractivity contribution in [2.75, 3.05) is 0 Å². The van der Waals surface area contributed by atoms with Crippen molar-refractivity contribution in [2.45, 2.75) is 52.4 Å². The van der Waals surface area contributed by atoms with Crippen LogP contribution in [0.15, 0.2) is 24.3 Å². The minimum atomic E-state index is 1.22. The molecule has 0 aromatic heterocycles. The van der Waals surface area contributed by atoms with Crippen LogP contribution < -0.4 is 0 Å². The molecule has 0 unspecified atom stereocenters. The Hall–Kier alpha value is -0.780. The van der Waals surface area contributed by atoms with Crippen molar-refractivity contribution in [1.82, 2.24) is 0 Å². The summed E-state index contributed by atoms with van der Waals surface area (Å²) in [5.41, 5.74) is 2.98. The van der Waals surface area contributed by atoms with Crippen molar-refractivity contribution in [3.63, 3.8) is 0 Å². The van der Waals surface area contributed by atoms with Gasteiger partial charge in [-0.3, -0.25) is 0 Å². The first kappa shape index (κ1) is 11.3. The molecule has 0 heterocycles. The summed E-state index contributed by atoms with van der Waals surface area (Å²) in [5.74, 6) is 0. The van der Waals surface area contributed by atoms with Crippen molar-refractivity contribution in [3.05, 3.63) is 35.4 Å². The molecule has 0 nitrogen and oxygen atoms in total. The number of unbranched alkanes of at least 4 members (excludes halogenated alkanes) is 2. The fraction of sp³-hybridized carbons (Fsp3) is 0.571. The Labute approximate surface area is 88.4 Å². The third-order valence-corrected chi connectivity index (χ3v) is 2.63. The van der Waals surface area contributed by atoms with Gasteiger partial charge in [-0.1, -0.05) is 57.4 Å². The monoisotopic (exact) mass is 190 g/mol. The van der Waals surface area contributed by atoms with Crippen LogP contribution in [-0.2, 0) is 12.8 Å². The van der Waals surface area contributed by atoms with Crippen molar-refractivity contribution >= 4 is 0 Å². The second-order valence-corrected chi connectivity index (χ2v) is 4.02. The van der Waals surface area contributed by atoms with E-state index in [-0.39, 0.29) is 0 Å². The second-order valence-electron chi connectivity index (χ2n) is 4.02. The summed E-state index contributed by atoms with van der Waals surface area (Å²) in [6, 6.07) is 9.15. The van der Waals surface area contributed by atoms with Crippen LogP contribution in [-0.4, -0.2) is 0 Å². The van der Waals surface area contributed by atoms with Gasteiger partial charge in [0, 0.05) is 0 Å². The number of rotatable bonds is 6. The smallest absolute Gasteiger partial charge is 0.0279 e. The second kappa shape index (κ2) is 6.64. The van der Waals surface area contributed by atoms with Gasteiger partial charge >= 0.3 is 0 Å². The Morgan fingerprint density at radius 3 is 1.79 bits per heavy atom. The highest BCUT2D eigenvalue weighted by Crippen LogP contribution is 2.09. The van der Waals surface area contributed by atoms with Crippen molar-refractivity contribution in [1.29, 1.82) is 0 Å². The molecular weight excluding hydrogens is 168 g/mol. The molecule has 1 aromatic carbocycles. The minimum Gasteiger partial charge on any atom is -0.0654 e. The lowest BCUT2D eigenvalue weighted by molar-refractivity contribution is 0.717. The zero-order chi connectivity index (χ0) is 10.2. The molecule has 0 fully saturated rings. The fourth-order valence-electron chi connectivity index (χ4n) is 1.74. The van der Waals surface area contributed by atoms with E-state index in [1.54, 1.807) is 0 Å². The molecule has 0 N–H and O–H groups in total. The third kappa shape index (κ3) is 3.95. The summed E-state index contributed by atoms with van der Waals surface area (Å²) in [6.07, 6.45) is 7.72. The van der Waals surface area contributed by atoms with Crippen LogP contribution in [0.25, 0.3) is 0 Å². The Morgan fingerprint density at radius 1 is 0.714 bits per heavy atom. The third-order valence-electron chi connectivity index (χ3n) is 2.63. The van der Waals surface area contributed by atoms with Crippen LogP contribution in [0.3, 0.4) is 0 Å². The molecule has 0 amide bonds. The summed E-state index contributed by atoms with van der Waals surface area (Å²) in [6.45, 7) is 4.49. The Kier molecular flexibility index (Phi) is 5.36. The standard InChI is InChI=1S/C14H22/c1-3-5-6-8-14-11-9-13(7-4-2)10-12-14/h9-12H,3-8H2,1-2H3. The van der Waals surface area contributed by atoms with E-state index in [9.17, 15) is 0 Å². The van der Waals surface area contributed by atoms with Gasteiger partial charge in [0.1, 0.15) is 0 Å². The van der Waals surface area contributed by atoms with Gasteiger partial charge in [-0.2, -0.15) is 0 Å². The van der Waals surface area contributed by atoms with Crippen LogP contribution in [0.1, 0.15) is 50.7 Å². The van der Waals surface area contributed by atoms with E-state index in [1.165, 1.54) is 49.7 Å². The van der Waals surface area contributed by atoms with Gasteiger partial charge in [-0.25, -0.2) is 0 Å². The van der Waals surface area contributed by atoms with E-state index in [0.717, 1.165) is 0 Å². The summed E-state index contributed by atoms with van der Waals surface area (Å²) in [7, 11) is 0. The highest BCUT2D eigenvalue weighted by atomic mass is 14.0. The van der Waals surface area contributed by atoms with E-state index in [1.807, 2.05) is 0 Å². The van der Waals surface area contributed by atoms with Crippen LogP contribution >= 0.6 is 0 Å². The van der Waals surface area contributed by atoms with Gasteiger partial charge in [-0.05, 0) is 30.4 Å². The Morgan fingerprint density at radius 2 is 1.29 bits per heavy atom. The molecule has 0 atom stereocenters. The Bertz CT molecular complexity index is 233. The zero-order valence-electron chi connectivity index (χ0n) is 9.55. The highest BCUT2D eigenvalue weighted by molar-refractivity contribution is 5.22. The van der Waals surface area contributed by atoms with Crippen LogP contribution in [0.5, 0.6) is 0 Å². The number of hydrogen-bond donors (Lipinski definition) is 0. The lowest BCUT2D eigenvalue weighted by Crippen LogP contribution is -1.87. The quantitative estimate of drug-likeness (QED) is 0.584. The lowest BCUT2D eigenvalue weighted by atomic mass is 10.0. The molecule has 78 valence electrons. The molecule has 1 rings (SSSR count). The van der Waals surface area contributed by atoms with Gasteiger partial charge < -0.3 is 0 Å². The molecule has 0 bridgehead atoms. The van der Waals surface area contributed by atoms with E-state index in [4.69, 9.17) is 0 Å². The maximum Gasteiger partial charge on any atom is -0.0279 e. The number of aryl methyl sites for hydroxylation is 2. The Balaban J connectivity index is 2.38. The molecular formula is C14H22. The predicted molar refractivity (Wildman–Crippen MR) is 63.7 cm³/mol. The molecule has 1 aromatic rings. The summed E-state index contributed by atoms with van der Waals surface area (Å²) < 4.78 is 0. The average Bonchev–Trinajstić information content (AvgIpc) is 2.21. The normalized spacial score (nSPS) is 10.4. The summed E-state index contributed by atoms with van der Waals surface area (Å²) in [4.78, 5) is 0. The van der Waals surface area contributed by atoms with E-state index in [0.29, 0.717) is 0 Å². The summed E-state index contributed by atoms with van der Waals surface area (Å²) in [5, 5.41) is 0. The van der Waals surface area contributed by atoms with Crippen LogP contribution in [0, 0.1) is 0 Å².